The van der Waals surface area contributed by atoms with Crippen LogP contribution in [0.5, 0.6) is 11.5 Å². The van der Waals surface area contributed by atoms with Gasteiger partial charge in [0.1, 0.15) is 23.8 Å². The first-order valence-corrected chi connectivity index (χ1v) is 7.90. The minimum Gasteiger partial charge on any atom is -0.497 e. The molecule has 1 aliphatic rings. The summed E-state index contributed by atoms with van der Waals surface area (Å²) in [6.45, 7) is 0.991. The molecule has 7 heteroatoms. The van der Waals surface area contributed by atoms with Crippen LogP contribution in [0.1, 0.15) is 5.56 Å². The maximum atomic E-state index is 12.4. The van der Waals surface area contributed by atoms with E-state index >= 15 is 0 Å². The molecule has 0 spiro atoms. The van der Waals surface area contributed by atoms with Crippen LogP contribution in [0.2, 0.25) is 0 Å². The number of ether oxygens (including phenoxy) is 2. The average molecular weight is 343 g/mol. The van der Waals surface area contributed by atoms with Crippen molar-refractivity contribution in [3.8, 4) is 11.5 Å². The van der Waals surface area contributed by atoms with Crippen LogP contribution in [0.4, 0.5) is 5.69 Å². The van der Waals surface area contributed by atoms with Gasteiger partial charge in [-0.15, -0.1) is 0 Å². The summed E-state index contributed by atoms with van der Waals surface area (Å²) in [7, 11) is 6.56. The molecule has 0 saturated heterocycles. The van der Waals surface area contributed by atoms with E-state index in [0.717, 1.165) is 27.2 Å². The molecule has 7 nitrogen and oxygen atoms in total. The van der Waals surface area contributed by atoms with Gasteiger partial charge in [0.25, 0.3) is 5.56 Å². The highest BCUT2D eigenvalue weighted by molar-refractivity contribution is 5.76. The zero-order chi connectivity index (χ0) is 18.1. The van der Waals surface area contributed by atoms with Crippen LogP contribution >= 0.6 is 0 Å². The molecule has 0 N–H and O–H groups in total. The average Bonchev–Trinajstić information content (AvgIpc) is 2.62. The third-order valence-electron chi connectivity index (χ3n) is 4.35. The Labute approximate surface area is 145 Å². The van der Waals surface area contributed by atoms with Crippen LogP contribution in [0.15, 0.2) is 40.1 Å². The van der Waals surface area contributed by atoms with Gasteiger partial charge in [-0.3, -0.25) is 9.36 Å². The summed E-state index contributed by atoms with van der Waals surface area (Å²) < 4.78 is 13.5. The van der Waals surface area contributed by atoms with Crippen LogP contribution in [0.3, 0.4) is 0 Å². The molecule has 0 fully saturated rings. The molecule has 0 bridgehead atoms. The SMILES string of the molecule is COc1ccc2c(c1)C(CN(C)c1cn(C)c(=O)n(C)c1=O)=CCO2. The van der Waals surface area contributed by atoms with Gasteiger partial charge in [-0.05, 0) is 29.8 Å². The first kappa shape index (κ1) is 16.9. The molecule has 2 aromatic rings. The number of hydrogen-bond donors (Lipinski definition) is 0. The number of methoxy groups -OCH3 is 1. The molecule has 2 heterocycles. The molecule has 1 aromatic carbocycles. The molecule has 0 radical (unpaired) electrons. The molecule has 25 heavy (non-hydrogen) atoms. The summed E-state index contributed by atoms with van der Waals surface area (Å²) in [5.74, 6) is 1.54. The van der Waals surface area contributed by atoms with Crippen molar-refractivity contribution in [1.29, 1.82) is 0 Å². The first-order valence-electron chi connectivity index (χ1n) is 7.90. The minimum atomic E-state index is -0.345. The summed E-state index contributed by atoms with van der Waals surface area (Å²) in [6, 6.07) is 5.66. The molecule has 0 amide bonds. The normalized spacial score (nSPS) is 12.9. The van der Waals surface area contributed by atoms with Crippen molar-refractivity contribution in [1.82, 2.24) is 9.13 Å². The van der Waals surface area contributed by atoms with E-state index in [2.05, 4.69) is 0 Å². The zero-order valence-electron chi connectivity index (χ0n) is 14.8. The van der Waals surface area contributed by atoms with Gasteiger partial charge in [-0.1, -0.05) is 0 Å². The fraction of sp³-hybridized carbons (Fsp3) is 0.333. The lowest BCUT2D eigenvalue weighted by Crippen LogP contribution is -2.40. The largest absolute Gasteiger partial charge is 0.497 e. The van der Waals surface area contributed by atoms with Crippen LogP contribution < -0.4 is 25.6 Å². The second-order valence-electron chi connectivity index (χ2n) is 6.03. The second kappa shape index (κ2) is 6.51. The molecular weight excluding hydrogens is 322 g/mol. The number of rotatable bonds is 4. The number of nitrogens with zero attached hydrogens (tertiary/aromatic N) is 3. The van der Waals surface area contributed by atoms with Crippen LogP contribution in [-0.2, 0) is 14.1 Å². The smallest absolute Gasteiger partial charge is 0.330 e. The highest BCUT2D eigenvalue weighted by atomic mass is 16.5. The van der Waals surface area contributed by atoms with Crippen molar-refractivity contribution in [3.05, 3.63) is 56.9 Å². The van der Waals surface area contributed by atoms with Crippen LogP contribution in [0.25, 0.3) is 5.57 Å². The third kappa shape index (κ3) is 3.05. The molecule has 0 atom stereocenters. The van der Waals surface area contributed by atoms with Crippen molar-refractivity contribution < 1.29 is 9.47 Å². The van der Waals surface area contributed by atoms with E-state index < -0.39 is 0 Å². The Kier molecular flexibility index (Phi) is 4.39. The van der Waals surface area contributed by atoms with E-state index in [1.54, 1.807) is 20.4 Å². The van der Waals surface area contributed by atoms with E-state index in [9.17, 15) is 9.59 Å². The topological polar surface area (TPSA) is 65.7 Å². The molecule has 0 aliphatic carbocycles. The predicted molar refractivity (Wildman–Crippen MR) is 96.7 cm³/mol. The zero-order valence-corrected chi connectivity index (χ0v) is 14.8. The van der Waals surface area contributed by atoms with Crippen molar-refractivity contribution >= 4 is 11.3 Å². The molecule has 0 saturated carbocycles. The van der Waals surface area contributed by atoms with Gasteiger partial charge in [0.2, 0.25) is 0 Å². The quantitative estimate of drug-likeness (QED) is 0.829. The summed E-state index contributed by atoms with van der Waals surface area (Å²) in [4.78, 5) is 26.1. The van der Waals surface area contributed by atoms with Gasteiger partial charge >= 0.3 is 5.69 Å². The van der Waals surface area contributed by atoms with Crippen molar-refractivity contribution in [2.45, 2.75) is 0 Å². The number of aryl methyl sites for hydroxylation is 1. The number of benzene rings is 1. The fourth-order valence-electron chi connectivity index (χ4n) is 2.90. The van der Waals surface area contributed by atoms with Crippen LogP contribution in [-0.4, -0.2) is 36.4 Å². The van der Waals surface area contributed by atoms with Crippen molar-refractivity contribution in [2.75, 3.05) is 32.2 Å². The summed E-state index contributed by atoms with van der Waals surface area (Å²) in [6.07, 6.45) is 3.56. The van der Waals surface area contributed by atoms with Gasteiger partial charge < -0.3 is 18.9 Å². The van der Waals surface area contributed by atoms with E-state index in [1.807, 2.05) is 36.2 Å². The molecular formula is C18H21N3O4. The highest BCUT2D eigenvalue weighted by Crippen LogP contribution is 2.33. The van der Waals surface area contributed by atoms with E-state index in [4.69, 9.17) is 9.47 Å². The number of anilines is 1. The summed E-state index contributed by atoms with van der Waals surface area (Å²) >= 11 is 0. The second-order valence-corrected chi connectivity index (χ2v) is 6.03. The number of likely N-dealkylation sites (N-methyl/N-ethyl adjacent to an activating group) is 1. The Hall–Kier alpha value is -2.96. The molecule has 132 valence electrons. The van der Waals surface area contributed by atoms with Gasteiger partial charge in [0.05, 0.1) is 7.11 Å². The van der Waals surface area contributed by atoms with E-state index in [0.29, 0.717) is 18.8 Å². The number of hydrogen-bond acceptors (Lipinski definition) is 5. The fourth-order valence-corrected chi connectivity index (χ4v) is 2.90. The summed E-state index contributed by atoms with van der Waals surface area (Å²) in [5, 5.41) is 0. The van der Waals surface area contributed by atoms with Crippen LogP contribution in [0, 0.1) is 0 Å². The van der Waals surface area contributed by atoms with E-state index in [-0.39, 0.29) is 11.2 Å². The third-order valence-corrected chi connectivity index (χ3v) is 4.35. The lowest BCUT2D eigenvalue weighted by atomic mass is 10.0. The standard InChI is InChI=1S/C18H21N3O4/c1-19(15-11-20(2)18(23)21(3)17(15)22)10-12-7-8-25-16-6-5-13(24-4)9-14(12)16/h5-7,9,11H,8,10H2,1-4H3. The minimum absolute atomic E-state index is 0.316. The van der Waals surface area contributed by atoms with Gasteiger partial charge in [-0.25, -0.2) is 4.79 Å². The monoisotopic (exact) mass is 343 g/mol. The first-order chi connectivity index (χ1) is 11.9. The molecule has 0 unspecified atom stereocenters. The van der Waals surface area contributed by atoms with Gasteiger partial charge in [0, 0.05) is 39.4 Å². The Bertz CT molecular complexity index is 956. The highest BCUT2D eigenvalue weighted by Gasteiger charge is 2.18. The predicted octanol–water partition coefficient (Wildman–Crippen LogP) is 1.00. The molecule has 1 aromatic heterocycles. The van der Waals surface area contributed by atoms with Gasteiger partial charge in [-0.2, -0.15) is 0 Å². The molecule has 3 rings (SSSR count). The summed E-state index contributed by atoms with van der Waals surface area (Å²) in [5.41, 5.74) is 1.78. The maximum absolute atomic E-state index is 12.4. The van der Waals surface area contributed by atoms with Crippen molar-refractivity contribution in [2.24, 2.45) is 14.1 Å². The lowest BCUT2D eigenvalue weighted by molar-refractivity contribution is 0.355. The Balaban J connectivity index is 1.95. The number of aromatic nitrogens is 2. The number of fused-ring (bicyclic) bond motifs is 1. The molecule has 1 aliphatic heterocycles. The lowest BCUT2D eigenvalue weighted by Gasteiger charge is -2.25. The van der Waals surface area contributed by atoms with E-state index in [1.165, 1.54) is 11.6 Å². The maximum Gasteiger partial charge on any atom is 0.330 e. The van der Waals surface area contributed by atoms with Gasteiger partial charge in [0.15, 0.2) is 0 Å². The Morgan fingerprint density at radius 2 is 2.04 bits per heavy atom. The Morgan fingerprint density at radius 3 is 2.76 bits per heavy atom. The van der Waals surface area contributed by atoms with Crippen molar-refractivity contribution in [3.63, 3.8) is 0 Å². The Morgan fingerprint density at radius 1 is 1.28 bits per heavy atom.